The quantitative estimate of drug-likeness (QED) is 0.716. The lowest BCUT2D eigenvalue weighted by Gasteiger charge is -2.28. The van der Waals surface area contributed by atoms with Gasteiger partial charge in [0.25, 0.3) is 5.91 Å². The van der Waals surface area contributed by atoms with Gasteiger partial charge in [-0.25, -0.2) is 0 Å². The molecule has 0 aromatic heterocycles. The summed E-state index contributed by atoms with van der Waals surface area (Å²) >= 11 is 9.47. The van der Waals surface area contributed by atoms with Gasteiger partial charge in [-0.15, -0.1) is 0 Å². The van der Waals surface area contributed by atoms with Gasteiger partial charge in [0.1, 0.15) is 11.8 Å². The second-order valence-corrected chi connectivity index (χ2v) is 6.98. The lowest BCUT2D eigenvalue weighted by Crippen LogP contribution is -2.48. The Bertz CT molecular complexity index is 785. The largest absolute Gasteiger partial charge is 0.482 e. The van der Waals surface area contributed by atoms with Crippen LogP contribution in [0.1, 0.15) is 12.5 Å². The van der Waals surface area contributed by atoms with Crippen LogP contribution < -0.4 is 10.1 Å². The van der Waals surface area contributed by atoms with Crippen LogP contribution in [0.3, 0.4) is 0 Å². The van der Waals surface area contributed by atoms with E-state index in [9.17, 15) is 9.59 Å². The second kappa shape index (κ2) is 9.59. The molecule has 0 aliphatic rings. The fourth-order valence-corrected chi connectivity index (χ4v) is 3.04. The number of rotatable bonds is 7. The number of carbonyl (C=O) groups excluding carboxylic acids is 2. The third-order valence-electron chi connectivity index (χ3n) is 3.84. The van der Waals surface area contributed by atoms with Gasteiger partial charge >= 0.3 is 0 Å². The van der Waals surface area contributed by atoms with Gasteiger partial charge in [0.2, 0.25) is 5.91 Å². The predicted molar refractivity (Wildman–Crippen MR) is 105 cm³/mol. The molecular formula is C19H20BrClN2O3. The van der Waals surface area contributed by atoms with E-state index in [-0.39, 0.29) is 18.4 Å². The van der Waals surface area contributed by atoms with E-state index in [2.05, 4.69) is 21.2 Å². The van der Waals surface area contributed by atoms with Crippen molar-refractivity contribution >= 4 is 39.3 Å². The van der Waals surface area contributed by atoms with E-state index in [1.54, 1.807) is 38.2 Å². The van der Waals surface area contributed by atoms with Crippen LogP contribution in [-0.4, -0.2) is 36.4 Å². The fraction of sp³-hybridized carbons (Fsp3) is 0.263. The maximum atomic E-state index is 12.7. The number of ether oxygens (including phenoxy) is 1. The Morgan fingerprint density at radius 1 is 1.23 bits per heavy atom. The zero-order chi connectivity index (χ0) is 19.1. The Morgan fingerprint density at radius 2 is 1.96 bits per heavy atom. The Morgan fingerprint density at radius 3 is 2.62 bits per heavy atom. The minimum atomic E-state index is -0.638. The molecule has 1 atom stereocenters. The van der Waals surface area contributed by atoms with Gasteiger partial charge in [0, 0.05) is 18.1 Å². The van der Waals surface area contributed by atoms with Crippen LogP contribution >= 0.6 is 27.5 Å². The third-order valence-corrected chi connectivity index (χ3v) is 4.65. The number of benzene rings is 2. The number of amides is 2. The zero-order valence-electron chi connectivity index (χ0n) is 14.5. The Kier molecular flexibility index (Phi) is 7.48. The van der Waals surface area contributed by atoms with Gasteiger partial charge in [0.15, 0.2) is 6.61 Å². The van der Waals surface area contributed by atoms with Crippen LogP contribution in [0.25, 0.3) is 0 Å². The van der Waals surface area contributed by atoms with Crippen LogP contribution in [0.2, 0.25) is 5.02 Å². The minimum Gasteiger partial charge on any atom is -0.482 e. The molecule has 2 amide bonds. The number of hydrogen-bond acceptors (Lipinski definition) is 3. The minimum absolute atomic E-state index is 0.209. The highest BCUT2D eigenvalue weighted by Crippen LogP contribution is 2.23. The van der Waals surface area contributed by atoms with E-state index in [4.69, 9.17) is 16.3 Å². The normalized spacial score (nSPS) is 11.5. The van der Waals surface area contributed by atoms with Gasteiger partial charge < -0.3 is 15.0 Å². The fourth-order valence-electron chi connectivity index (χ4n) is 2.41. The lowest BCUT2D eigenvalue weighted by molar-refractivity contribution is -0.142. The molecule has 0 aliphatic heterocycles. The molecular weight excluding hydrogens is 420 g/mol. The summed E-state index contributed by atoms with van der Waals surface area (Å²) in [6, 6.07) is 13.9. The first-order valence-corrected chi connectivity index (χ1v) is 9.22. The predicted octanol–water partition coefficient (Wildman–Crippen LogP) is 3.64. The topological polar surface area (TPSA) is 58.6 Å². The highest BCUT2D eigenvalue weighted by Gasteiger charge is 2.26. The molecule has 7 heteroatoms. The number of hydrogen-bond donors (Lipinski definition) is 1. The molecule has 1 N–H and O–H groups in total. The molecule has 2 aromatic carbocycles. The molecule has 0 saturated heterocycles. The van der Waals surface area contributed by atoms with Gasteiger partial charge in [-0.05, 0) is 36.8 Å². The first kappa shape index (κ1) is 20.3. The maximum absolute atomic E-state index is 12.7. The van der Waals surface area contributed by atoms with Crippen molar-refractivity contribution in [2.45, 2.75) is 19.5 Å². The summed E-state index contributed by atoms with van der Waals surface area (Å²) in [7, 11) is 1.54. The van der Waals surface area contributed by atoms with E-state index in [1.807, 2.05) is 24.3 Å². The average Bonchev–Trinajstić information content (AvgIpc) is 2.64. The maximum Gasteiger partial charge on any atom is 0.261 e. The number of likely N-dealkylation sites (N-methyl/N-ethyl adjacent to an activating group) is 1. The number of nitrogens with zero attached hydrogens (tertiary/aromatic N) is 1. The van der Waals surface area contributed by atoms with Gasteiger partial charge in [-0.2, -0.15) is 0 Å². The second-order valence-electron chi connectivity index (χ2n) is 5.66. The van der Waals surface area contributed by atoms with Gasteiger partial charge in [-0.1, -0.05) is 51.8 Å². The van der Waals surface area contributed by atoms with E-state index in [0.717, 1.165) is 10.0 Å². The van der Waals surface area contributed by atoms with E-state index in [0.29, 0.717) is 17.3 Å². The number of nitrogens with one attached hydrogen (secondary N) is 1. The molecule has 26 heavy (non-hydrogen) atoms. The first-order chi connectivity index (χ1) is 12.4. The van der Waals surface area contributed by atoms with Crippen molar-refractivity contribution in [1.82, 2.24) is 10.2 Å². The van der Waals surface area contributed by atoms with Crippen molar-refractivity contribution in [3.05, 3.63) is 63.6 Å². The molecule has 0 heterocycles. The summed E-state index contributed by atoms with van der Waals surface area (Å²) in [6.45, 7) is 1.77. The highest BCUT2D eigenvalue weighted by atomic mass is 79.9. The molecule has 5 nitrogen and oxygen atoms in total. The summed E-state index contributed by atoms with van der Waals surface area (Å²) in [5.41, 5.74) is 0.904. The van der Waals surface area contributed by atoms with Crippen LogP contribution in [0.4, 0.5) is 0 Å². The van der Waals surface area contributed by atoms with Gasteiger partial charge in [-0.3, -0.25) is 9.59 Å². The van der Waals surface area contributed by atoms with Crippen LogP contribution in [0.15, 0.2) is 53.0 Å². The zero-order valence-corrected chi connectivity index (χ0v) is 16.9. The molecule has 0 radical (unpaired) electrons. The standard InChI is InChI=1S/C19H20BrClN2O3/c1-13(19(25)22-2)23(11-14-6-5-7-15(20)10-14)18(24)12-26-17-9-4-3-8-16(17)21/h3-10,13H,11-12H2,1-2H3,(H,22,25)/t13-/m1/s1. The number of halogens is 2. The third kappa shape index (κ3) is 5.47. The van der Waals surface area contributed by atoms with Crippen LogP contribution in [0.5, 0.6) is 5.75 Å². The molecule has 0 saturated carbocycles. The molecule has 2 rings (SSSR count). The molecule has 2 aromatic rings. The van der Waals surface area contributed by atoms with E-state index in [1.165, 1.54) is 4.90 Å². The molecule has 0 aliphatic carbocycles. The molecule has 0 unspecified atom stereocenters. The Balaban J connectivity index is 2.15. The van der Waals surface area contributed by atoms with E-state index >= 15 is 0 Å². The SMILES string of the molecule is CNC(=O)[C@@H](C)N(Cc1cccc(Br)c1)C(=O)COc1ccccc1Cl. The molecule has 0 fully saturated rings. The van der Waals surface area contributed by atoms with Crippen molar-refractivity contribution in [2.24, 2.45) is 0 Å². The van der Waals surface area contributed by atoms with Crippen molar-refractivity contribution in [1.29, 1.82) is 0 Å². The van der Waals surface area contributed by atoms with Crippen molar-refractivity contribution in [3.8, 4) is 5.75 Å². The summed E-state index contributed by atoms with van der Waals surface area (Å²) < 4.78 is 6.45. The Hall–Kier alpha value is -2.05. The molecule has 138 valence electrons. The number of para-hydroxylation sites is 1. The van der Waals surface area contributed by atoms with Crippen molar-refractivity contribution in [3.63, 3.8) is 0 Å². The first-order valence-electron chi connectivity index (χ1n) is 8.05. The highest BCUT2D eigenvalue weighted by molar-refractivity contribution is 9.10. The molecule has 0 bridgehead atoms. The van der Waals surface area contributed by atoms with E-state index < -0.39 is 6.04 Å². The van der Waals surface area contributed by atoms with Crippen LogP contribution in [0, 0.1) is 0 Å². The molecule has 0 spiro atoms. The Labute approximate surface area is 166 Å². The van der Waals surface area contributed by atoms with Crippen molar-refractivity contribution < 1.29 is 14.3 Å². The summed E-state index contributed by atoms with van der Waals surface area (Å²) in [5, 5.41) is 3.01. The van der Waals surface area contributed by atoms with Gasteiger partial charge in [0.05, 0.1) is 5.02 Å². The number of carbonyl (C=O) groups is 2. The average molecular weight is 440 g/mol. The summed E-state index contributed by atoms with van der Waals surface area (Å²) in [6.07, 6.45) is 0. The van der Waals surface area contributed by atoms with Crippen molar-refractivity contribution in [2.75, 3.05) is 13.7 Å². The summed E-state index contributed by atoms with van der Waals surface area (Å²) in [4.78, 5) is 26.3. The lowest BCUT2D eigenvalue weighted by atomic mass is 10.1. The smallest absolute Gasteiger partial charge is 0.261 e. The van der Waals surface area contributed by atoms with Crippen LogP contribution in [-0.2, 0) is 16.1 Å². The summed E-state index contributed by atoms with van der Waals surface area (Å²) in [5.74, 6) is -0.121. The monoisotopic (exact) mass is 438 g/mol.